The van der Waals surface area contributed by atoms with Gasteiger partial charge >= 0.3 is 0 Å². The highest BCUT2D eigenvalue weighted by Crippen LogP contribution is 2.23. The van der Waals surface area contributed by atoms with E-state index in [9.17, 15) is 9.18 Å². The fourth-order valence-corrected chi connectivity index (χ4v) is 2.34. The molecule has 2 heterocycles. The van der Waals surface area contributed by atoms with Crippen LogP contribution in [0.3, 0.4) is 0 Å². The summed E-state index contributed by atoms with van der Waals surface area (Å²) in [7, 11) is 0. The van der Waals surface area contributed by atoms with Gasteiger partial charge in [-0.3, -0.25) is 4.79 Å². The third-order valence-electron chi connectivity index (χ3n) is 3.06. The zero-order valence-corrected chi connectivity index (χ0v) is 11.9. The van der Waals surface area contributed by atoms with Gasteiger partial charge in [-0.15, -0.1) is 0 Å². The number of rotatable bonds is 2. The van der Waals surface area contributed by atoms with Crippen LogP contribution < -0.4 is 11.3 Å². The van der Waals surface area contributed by atoms with Crippen LogP contribution in [0.1, 0.15) is 0 Å². The number of H-pyrrole nitrogens is 1. The number of aromatic nitrogens is 3. The van der Waals surface area contributed by atoms with Crippen LogP contribution in [0.25, 0.3) is 22.2 Å². The second kappa shape index (κ2) is 5.17. The van der Waals surface area contributed by atoms with Crippen molar-refractivity contribution in [3.05, 3.63) is 46.6 Å². The van der Waals surface area contributed by atoms with Crippen LogP contribution >= 0.6 is 11.8 Å². The first-order chi connectivity index (χ1) is 10.1. The van der Waals surface area contributed by atoms with Crippen molar-refractivity contribution in [1.29, 1.82) is 0 Å². The Morgan fingerprint density at radius 2 is 2.14 bits per heavy atom. The van der Waals surface area contributed by atoms with Crippen LogP contribution in [0.5, 0.6) is 0 Å². The molecule has 0 amide bonds. The zero-order valence-electron chi connectivity index (χ0n) is 11.1. The summed E-state index contributed by atoms with van der Waals surface area (Å²) in [6.45, 7) is 0. The molecule has 106 valence electrons. The first-order valence-electron chi connectivity index (χ1n) is 6.08. The molecule has 5 nitrogen and oxygen atoms in total. The molecule has 0 bridgehead atoms. The summed E-state index contributed by atoms with van der Waals surface area (Å²) < 4.78 is 13.2. The second-order valence-electron chi connectivity index (χ2n) is 4.41. The summed E-state index contributed by atoms with van der Waals surface area (Å²) >= 11 is 1.39. The van der Waals surface area contributed by atoms with Gasteiger partial charge in [-0.2, -0.15) is 0 Å². The molecule has 0 radical (unpaired) electrons. The molecule has 1 aromatic carbocycles. The van der Waals surface area contributed by atoms with Crippen LogP contribution in [0, 0.1) is 5.82 Å². The van der Waals surface area contributed by atoms with Crippen molar-refractivity contribution in [3.8, 4) is 11.1 Å². The van der Waals surface area contributed by atoms with Gasteiger partial charge in [0.05, 0.1) is 5.69 Å². The van der Waals surface area contributed by atoms with Crippen molar-refractivity contribution in [2.45, 2.75) is 5.16 Å². The lowest BCUT2D eigenvalue weighted by Crippen LogP contribution is -2.10. The average Bonchev–Trinajstić information content (AvgIpc) is 2.49. The summed E-state index contributed by atoms with van der Waals surface area (Å²) in [5.74, 6) is -0.510. The molecule has 3 N–H and O–H groups in total. The highest BCUT2D eigenvalue weighted by Gasteiger charge is 2.09. The third kappa shape index (κ3) is 2.47. The van der Waals surface area contributed by atoms with Crippen LogP contribution in [0.15, 0.2) is 40.4 Å². The second-order valence-corrected chi connectivity index (χ2v) is 5.18. The number of anilines is 1. The number of nitrogens with one attached hydrogen (secondary N) is 1. The molecule has 0 aliphatic heterocycles. The number of pyridine rings is 1. The number of hydrogen-bond acceptors (Lipinski definition) is 5. The molecule has 0 spiro atoms. The summed E-state index contributed by atoms with van der Waals surface area (Å²) in [6, 6.07) is 5.86. The molecular formula is C14H11FN4OS. The molecule has 0 aliphatic carbocycles. The Balaban J connectivity index is 2.21. The van der Waals surface area contributed by atoms with E-state index in [1.54, 1.807) is 12.3 Å². The first-order valence-corrected chi connectivity index (χ1v) is 7.30. The van der Waals surface area contributed by atoms with Gasteiger partial charge < -0.3 is 10.7 Å². The van der Waals surface area contributed by atoms with E-state index in [4.69, 9.17) is 5.73 Å². The van der Waals surface area contributed by atoms with Crippen molar-refractivity contribution in [2.24, 2.45) is 0 Å². The van der Waals surface area contributed by atoms with Crippen molar-refractivity contribution in [3.63, 3.8) is 0 Å². The monoisotopic (exact) mass is 302 g/mol. The standard InChI is InChI=1S/C14H11FN4OS/c1-21-14-17-6-8-4-9(13(20)18-12(8)19-14)7-2-3-10(15)11(16)5-7/h2-6H,16H2,1H3,(H,17,18,19,20). The predicted molar refractivity (Wildman–Crippen MR) is 81.7 cm³/mol. The molecule has 0 saturated carbocycles. The Bertz CT molecular complexity index is 894. The lowest BCUT2D eigenvalue weighted by molar-refractivity contribution is 0.632. The number of thioether (sulfide) groups is 1. The van der Waals surface area contributed by atoms with Crippen molar-refractivity contribution >= 4 is 28.5 Å². The summed E-state index contributed by atoms with van der Waals surface area (Å²) in [5.41, 5.74) is 6.65. The van der Waals surface area contributed by atoms with Gasteiger partial charge in [0.2, 0.25) is 0 Å². The number of benzene rings is 1. The number of hydrogen-bond donors (Lipinski definition) is 2. The fraction of sp³-hybridized carbons (Fsp3) is 0.0714. The maximum Gasteiger partial charge on any atom is 0.257 e. The summed E-state index contributed by atoms with van der Waals surface area (Å²) in [5, 5.41) is 1.28. The number of nitrogens with zero attached hydrogens (tertiary/aromatic N) is 2. The van der Waals surface area contributed by atoms with E-state index in [2.05, 4.69) is 15.0 Å². The Morgan fingerprint density at radius 3 is 2.86 bits per heavy atom. The van der Waals surface area contributed by atoms with Gasteiger partial charge in [-0.1, -0.05) is 17.8 Å². The number of nitrogen functional groups attached to an aromatic ring is 1. The van der Waals surface area contributed by atoms with Crippen molar-refractivity contribution < 1.29 is 4.39 Å². The Labute approximate surface area is 123 Å². The molecule has 0 saturated heterocycles. The minimum absolute atomic E-state index is 0.000905. The Kier molecular flexibility index (Phi) is 3.34. The lowest BCUT2D eigenvalue weighted by atomic mass is 10.1. The van der Waals surface area contributed by atoms with Gasteiger partial charge in [-0.25, -0.2) is 14.4 Å². The van der Waals surface area contributed by atoms with Crippen molar-refractivity contribution in [1.82, 2.24) is 15.0 Å². The van der Waals surface area contributed by atoms with Gasteiger partial charge in [-0.05, 0) is 30.0 Å². The molecule has 3 rings (SSSR count). The van der Waals surface area contributed by atoms with Gasteiger partial charge in [0.1, 0.15) is 11.5 Å². The van der Waals surface area contributed by atoms with Gasteiger partial charge in [0.25, 0.3) is 5.56 Å². The predicted octanol–water partition coefficient (Wildman–Crippen LogP) is 2.43. The zero-order chi connectivity index (χ0) is 15.0. The molecule has 2 aromatic heterocycles. The van der Waals surface area contributed by atoms with E-state index in [-0.39, 0.29) is 11.2 Å². The summed E-state index contributed by atoms with van der Waals surface area (Å²) in [6.07, 6.45) is 3.50. The SMILES string of the molecule is CSc1ncc2cc(-c3ccc(F)c(N)c3)c(=O)[nH]c2n1. The quantitative estimate of drug-likeness (QED) is 0.431. The highest BCUT2D eigenvalue weighted by atomic mass is 32.2. The van der Waals surface area contributed by atoms with Gasteiger partial charge in [0, 0.05) is 17.1 Å². The maximum absolute atomic E-state index is 13.2. The van der Waals surface area contributed by atoms with E-state index < -0.39 is 5.82 Å². The molecule has 21 heavy (non-hydrogen) atoms. The van der Waals surface area contributed by atoms with E-state index >= 15 is 0 Å². The van der Waals surface area contributed by atoms with Crippen LogP contribution in [0.2, 0.25) is 0 Å². The van der Waals surface area contributed by atoms with Crippen molar-refractivity contribution in [2.75, 3.05) is 12.0 Å². The number of halogens is 1. The van der Waals surface area contributed by atoms with Crippen LogP contribution in [-0.2, 0) is 0 Å². The molecule has 0 fully saturated rings. The Hall–Kier alpha value is -2.41. The molecule has 0 atom stereocenters. The van der Waals surface area contributed by atoms with Crippen LogP contribution in [-0.4, -0.2) is 21.2 Å². The lowest BCUT2D eigenvalue weighted by Gasteiger charge is -2.05. The minimum atomic E-state index is -0.510. The molecule has 0 unspecified atom stereocenters. The van der Waals surface area contributed by atoms with Crippen LogP contribution in [0.4, 0.5) is 10.1 Å². The topological polar surface area (TPSA) is 84.7 Å². The molecule has 7 heteroatoms. The van der Waals surface area contributed by atoms with Gasteiger partial charge in [0.15, 0.2) is 5.16 Å². The normalized spacial score (nSPS) is 11.0. The maximum atomic E-state index is 13.2. The smallest absolute Gasteiger partial charge is 0.257 e. The van der Waals surface area contributed by atoms with E-state index in [0.717, 1.165) is 0 Å². The van der Waals surface area contributed by atoms with E-state index in [1.807, 2.05) is 6.26 Å². The fourth-order valence-electron chi connectivity index (χ4n) is 2.00. The number of nitrogens with two attached hydrogens (primary N) is 1. The summed E-state index contributed by atoms with van der Waals surface area (Å²) in [4.78, 5) is 23.3. The minimum Gasteiger partial charge on any atom is -0.396 e. The van der Waals surface area contributed by atoms with E-state index in [1.165, 1.54) is 30.0 Å². The number of aromatic amines is 1. The molecule has 3 aromatic rings. The van der Waals surface area contributed by atoms with E-state index in [0.29, 0.717) is 27.3 Å². The molecular weight excluding hydrogens is 291 g/mol. The third-order valence-corrected chi connectivity index (χ3v) is 3.62. The average molecular weight is 302 g/mol. The highest BCUT2D eigenvalue weighted by molar-refractivity contribution is 7.98. The number of fused-ring (bicyclic) bond motifs is 1. The molecule has 0 aliphatic rings. The Morgan fingerprint density at radius 1 is 1.33 bits per heavy atom. The first kappa shape index (κ1) is 13.6. The largest absolute Gasteiger partial charge is 0.396 e.